The zero-order valence-electron chi connectivity index (χ0n) is 14.4. The highest BCUT2D eigenvalue weighted by Gasteiger charge is 2.23. The fourth-order valence-electron chi connectivity index (χ4n) is 2.44. The molecule has 0 saturated heterocycles. The molecule has 134 valence electrons. The second-order valence-electron chi connectivity index (χ2n) is 6.04. The van der Waals surface area contributed by atoms with Gasteiger partial charge >= 0.3 is 5.97 Å². The highest BCUT2D eigenvalue weighted by atomic mass is 35.5. The van der Waals surface area contributed by atoms with E-state index in [1.807, 2.05) is 19.1 Å². The Hall–Kier alpha value is -2.79. The normalized spacial score (nSPS) is 13.7. The van der Waals surface area contributed by atoms with E-state index in [-0.39, 0.29) is 6.61 Å². The quantitative estimate of drug-likeness (QED) is 0.825. The van der Waals surface area contributed by atoms with Crippen molar-refractivity contribution in [3.05, 3.63) is 64.2 Å². The highest BCUT2D eigenvalue weighted by Crippen LogP contribution is 2.29. The first kappa shape index (κ1) is 18.0. The fourth-order valence-corrected chi connectivity index (χ4v) is 2.62. The van der Waals surface area contributed by atoms with Gasteiger partial charge in [-0.2, -0.15) is 0 Å². The summed E-state index contributed by atoms with van der Waals surface area (Å²) in [6.07, 6.45) is 0.725. The Labute approximate surface area is 156 Å². The second kappa shape index (κ2) is 7.62. The predicted molar refractivity (Wildman–Crippen MR) is 100 cm³/mol. The Balaban J connectivity index is 1.63. The lowest BCUT2D eigenvalue weighted by Crippen LogP contribution is -2.31. The van der Waals surface area contributed by atoms with E-state index in [0.29, 0.717) is 27.6 Å². The first-order chi connectivity index (χ1) is 12.4. The number of hydrogen-bond acceptors (Lipinski definition) is 4. The molecule has 0 aromatic heterocycles. The van der Waals surface area contributed by atoms with Gasteiger partial charge in [0.2, 0.25) is 0 Å². The first-order valence-corrected chi connectivity index (χ1v) is 8.51. The molecule has 2 aromatic rings. The molecule has 1 aliphatic rings. The molecule has 5 nitrogen and oxygen atoms in total. The smallest absolute Gasteiger partial charge is 0.338 e. The van der Waals surface area contributed by atoms with Gasteiger partial charge in [-0.3, -0.25) is 4.79 Å². The van der Waals surface area contributed by atoms with Gasteiger partial charge in [-0.05, 0) is 50.3 Å². The molecular weight excluding hydrogens is 354 g/mol. The SMILES string of the molecule is Cc1ccc(NC(=O)C(C)OC(=O)C2=Cc3cc(Cl)ccc3OC2)cc1. The Kier molecular flexibility index (Phi) is 5.28. The summed E-state index contributed by atoms with van der Waals surface area (Å²) in [6.45, 7) is 3.57. The van der Waals surface area contributed by atoms with E-state index in [0.717, 1.165) is 5.56 Å². The predicted octanol–water partition coefficient (Wildman–Crippen LogP) is 3.99. The number of ether oxygens (including phenoxy) is 2. The van der Waals surface area contributed by atoms with Crippen LogP contribution in [0.2, 0.25) is 5.02 Å². The van der Waals surface area contributed by atoms with Crippen LogP contribution in [0.25, 0.3) is 6.08 Å². The van der Waals surface area contributed by atoms with E-state index in [1.54, 1.807) is 36.4 Å². The molecule has 1 unspecified atom stereocenters. The van der Waals surface area contributed by atoms with Gasteiger partial charge in [0.1, 0.15) is 12.4 Å². The minimum absolute atomic E-state index is 0.0831. The maximum absolute atomic E-state index is 12.3. The standard InChI is InChI=1S/C20H18ClNO4/c1-12-3-6-17(7-4-12)22-19(23)13(2)26-20(24)15-9-14-10-16(21)5-8-18(14)25-11-15/h3-10,13H,11H2,1-2H3,(H,22,23). The number of benzene rings is 2. The molecule has 0 saturated carbocycles. The number of aryl methyl sites for hydroxylation is 1. The lowest BCUT2D eigenvalue weighted by atomic mass is 10.1. The molecule has 6 heteroatoms. The average molecular weight is 372 g/mol. The number of halogens is 1. The molecule has 0 fully saturated rings. The summed E-state index contributed by atoms with van der Waals surface area (Å²) in [5.41, 5.74) is 2.77. The highest BCUT2D eigenvalue weighted by molar-refractivity contribution is 6.30. The first-order valence-electron chi connectivity index (χ1n) is 8.14. The van der Waals surface area contributed by atoms with E-state index in [4.69, 9.17) is 21.1 Å². The van der Waals surface area contributed by atoms with E-state index >= 15 is 0 Å². The van der Waals surface area contributed by atoms with E-state index in [2.05, 4.69) is 5.32 Å². The van der Waals surface area contributed by atoms with Crippen molar-refractivity contribution in [3.63, 3.8) is 0 Å². The number of rotatable bonds is 4. The molecule has 1 heterocycles. The van der Waals surface area contributed by atoms with Crippen LogP contribution in [0.5, 0.6) is 5.75 Å². The number of nitrogens with one attached hydrogen (secondary N) is 1. The summed E-state index contributed by atoms with van der Waals surface area (Å²) < 4.78 is 10.8. The molecule has 1 aliphatic heterocycles. The van der Waals surface area contributed by atoms with Gasteiger partial charge < -0.3 is 14.8 Å². The van der Waals surface area contributed by atoms with Crippen LogP contribution in [0.3, 0.4) is 0 Å². The third kappa shape index (κ3) is 4.24. The summed E-state index contributed by atoms with van der Waals surface area (Å²) in [4.78, 5) is 24.5. The maximum Gasteiger partial charge on any atom is 0.338 e. The van der Waals surface area contributed by atoms with Gasteiger partial charge in [-0.15, -0.1) is 0 Å². The number of esters is 1. The molecule has 0 radical (unpaired) electrons. The molecule has 26 heavy (non-hydrogen) atoms. The maximum atomic E-state index is 12.3. The monoisotopic (exact) mass is 371 g/mol. The van der Waals surface area contributed by atoms with Crippen LogP contribution in [0.4, 0.5) is 5.69 Å². The summed E-state index contributed by atoms with van der Waals surface area (Å²) in [5, 5.41) is 3.26. The number of hydrogen-bond donors (Lipinski definition) is 1. The van der Waals surface area contributed by atoms with Crippen molar-refractivity contribution in [1.29, 1.82) is 0 Å². The molecule has 0 spiro atoms. The van der Waals surface area contributed by atoms with Crippen LogP contribution in [0, 0.1) is 6.92 Å². The summed E-state index contributed by atoms with van der Waals surface area (Å²) >= 11 is 5.96. The Morgan fingerprint density at radius 2 is 1.92 bits per heavy atom. The topological polar surface area (TPSA) is 64.6 Å². The third-order valence-corrected chi connectivity index (χ3v) is 4.15. The van der Waals surface area contributed by atoms with Gasteiger partial charge in [0.15, 0.2) is 6.10 Å². The lowest BCUT2D eigenvalue weighted by molar-refractivity contribution is -0.149. The zero-order valence-corrected chi connectivity index (χ0v) is 15.2. The molecule has 0 bridgehead atoms. The Morgan fingerprint density at radius 3 is 2.65 bits per heavy atom. The van der Waals surface area contributed by atoms with Crippen molar-refractivity contribution in [2.45, 2.75) is 20.0 Å². The van der Waals surface area contributed by atoms with Crippen molar-refractivity contribution in [2.75, 3.05) is 11.9 Å². The van der Waals surface area contributed by atoms with Crippen molar-refractivity contribution < 1.29 is 19.1 Å². The Morgan fingerprint density at radius 1 is 1.19 bits per heavy atom. The second-order valence-corrected chi connectivity index (χ2v) is 6.48. The molecule has 1 atom stereocenters. The van der Waals surface area contributed by atoms with Gasteiger partial charge in [-0.25, -0.2) is 4.79 Å². The number of carbonyl (C=O) groups is 2. The lowest BCUT2D eigenvalue weighted by Gasteiger charge is -2.19. The van der Waals surface area contributed by atoms with Crippen molar-refractivity contribution in [3.8, 4) is 5.75 Å². The van der Waals surface area contributed by atoms with Crippen LogP contribution < -0.4 is 10.1 Å². The minimum atomic E-state index is -0.939. The van der Waals surface area contributed by atoms with Crippen molar-refractivity contribution in [2.24, 2.45) is 0 Å². The average Bonchev–Trinajstić information content (AvgIpc) is 2.62. The van der Waals surface area contributed by atoms with Gasteiger partial charge in [-0.1, -0.05) is 29.3 Å². The fraction of sp³-hybridized carbons (Fsp3) is 0.200. The van der Waals surface area contributed by atoms with Gasteiger partial charge in [0, 0.05) is 16.3 Å². The molecule has 1 N–H and O–H groups in total. The summed E-state index contributed by atoms with van der Waals surface area (Å²) in [6, 6.07) is 12.5. The van der Waals surface area contributed by atoms with Crippen molar-refractivity contribution >= 4 is 35.2 Å². The van der Waals surface area contributed by atoms with Gasteiger partial charge in [0.25, 0.3) is 5.91 Å². The molecular formula is C20H18ClNO4. The number of fused-ring (bicyclic) bond motifs is 1. The number of anilines is 1. The zero-order chi connectivity index (χ0) is 18.7. The van der Waals surface area contributed by atoms with Crippen LogP contribution >= 0.6 is 11.6 Å². The van der Waals surface area contributed by atoms with Crippen molar-refractivity contribution in [1.82, 2.24) is 0 Å². The molecule has 3 rings (SSSR count). The number of amides is 1. The number of carbonyl (C=O) groups excluding carboxylic acids is 2. The van der Waals surface area contributed by atoms with Crippen LogP contribution in [0.15, 0.2) is 48.0 Å². The molecule has 1 amide bonds. The largest absolute Gasteiger partial charge is 0.488 e. The minimum Gasteiger partial charge on any atom is -0.488 e. The third-order valence-electron chi connectivity index (χ3n) is 3.92. The van der Waals surface area contributed by atoms with Gasteiger partial charge in [0.05, 0.1) is 5.57 Å². The van der Waals surface area contributed by atoms with Crippen LogP contribution in [-0.2, 0) is 14.3 Å². The van der Waals surface area contributed by atoms with E-state index < -0.39 is 18.0 Å². The molecule has 2 aromatic carbocycles. The Bertz CT molecular complexity index is 874. The van der Waals surface area contributed by atoms with Crippen LogP contribution in [0.1, 0.15) is 18.1 Å². The van der Waals surface area contributed by atoms with Crippen LogP contribution in [-0.4, -0.2) is 24.6 Å². The van der Waals surface area contributed by atoms with E-state index in [1.165, 1.54) is 6.92 Å². The summed E-state index contributed by atoms with van der Waals surface area (Å²) in [5.74, 6) is -0.346. The molecule has 0 aliphatic carbocycles. The summed E-state index contributed by atoms with van der Waals surface area (Å²) in [7, 11) is 0. The van der Waals surface area contributed by atoms with E-state index in [9.17, 15) is 9.59 Å².